The van der Waals surface area contributed by atoms with Crippen LogP contribution in [0, 0.1) is 0 Å². The Morgan fingerprint density at radius 3 is 2.73 bits per heavy atom. The van der Waals surface area contributed by atoms with E-state index in [9.17, 15) is 0 Å². The van der Waals surface area contributed by atoms with Crippen molar-refractivity contribution in [3.8, 4) is 11.5 Å². The van der Waals surface area contributed by atoms with Crippen LogP contribution in [-0.4, -0.2) is 34.4 Å². The second-order valence-corrected chi connectivity index (χ2v) is 6.09. The van der Waals surface area contributed by atoms with Crippen LogP contribution in [-0.2, 0) is 0 Å². The summed E-state index contributed by atoms with van der Waals surface area (Å²) in [7, 11) is 3.24. The lowest BCUT2D eigenvalue weighted by molar-refractivity contribution is 0.393. The summed E-state index contributed by atoms with van der Waals surface area (Å²) in [6.45, 7) is 0. The topological polar surface area (TPSA) is 74.1 Å². The first-order valence-electron chi connectivity index (χ1n) is 7.95. The summed E-state index contributed by atoms with van der Waals surface area (Å²) in [5.74, 6) is 1.93. The van der Waals surface area contributed by atoms with Gasteiger partial charge in [0.05, 0.1) is 19.9 Å². The van der Waals surface area contributed by atoms with Crippen LogP contribution in [0.15, 0.2) is 48.5 Å². The van der Waals surface area contributed by atoms with Gasteiger partial charge in [-0.3, -0.25) is 0 Å². The zero-order valence-electron chi connectivity index (χ0n) is 14.2. The average molecular weight is 370 g/mol. The van der Waals surface area contributed by atoms with Gasteiger partial charge in [-0.1, -0.05) is 34.9 Å². The number of halogens is 1. The van der Waals surface area contributed by atoms with Crippen LogP contribution < -0.4 is 14.8 Å². The van der Waals surface area contributed by atoms with E-state index in [0.29, 0.717) is 16.7 Å². The number of allylic oxidation sites excluding steroid dienone is 1. The molecule has 0 aliphatic carbocycles. The van der Waals surface area contributed by atoms with Gasteiger partial charge in [0.1, 0.15) is 17.5 Å². The van der Waals surface area contributed by atoms with Crippen LogP contribution in [0.2, 0.25) is 5.02 Å². The molecule has 1 atom stereocenters. The van der Waals surface area contributed by atoms with E-state index in [-0.39, 0.29) is 6.04 Å². The standard InChI is InChI=1S/C18H16ClN5O2/c1-25-11-7-8-13(17(9-11)26-2)15-10-16(12-5-3-4-6-14(12)19)24-18(20-15)21-22-23-24/h3-10,16H,1-2H3,(H,20,21,23)/t16-/m1/s1. The maximum Gasteiger partial charge on any atom is 0.248 e. The largest absolute Gasteiger partial charge is 0.497 e. The predicted molar refractivity (Wildman–Crippen MR) is 98.6 cm³/mol. The number of tetrazole rings is 1. The van der Waals surface area contributed by atoms with Gasteiger partial charge in [-0.15, -0.1) is 0 Å². The summed E-state index contributed by atoms with van der Waals surface area (Å²) in [5, 5.41) is 15.8. The number of anilines is 1. The normalized spacial score (nSPS) is 15.7. The van der Waals surface area contributed by atoms with Crippen LogP contribution in [0.5, 0.6) is 11.5 Å². The lowest BCUT2D eigenvalue weighted by Crippen LogP contribution is -2.20. The van der Waals surface area contributed by atoms with Gasteiger partial charge in [0.25, 0.3) is 0 Å². The molecule has 0 radical (unpaired) electrons. The molecule has 2 aromatic carbocycles. The number of rotatable bonds is 4. The second kappa shape index (κ2) is 6.68. The Hall–Kier alpha value is -3.06. The number of fused-ring (bicyclic) bond motifs is 1. The third-order valence-corrected chi connectivity index (χ3v) is 4.59. The smallest absolute Gasteiger partial charge is 0.248 e. The first kappa shape index (κ1) is 16.4. The number of ether oxygens (including phenoxy) is 2. The van der Waals surface area contributed by atoms with E-state index in [1.54, 1.807) is 18.9 Å². The van der Waals surface area contributed by atoms with Crippen molar-refractivity contribution < 1.29 is 9.47 Å². The molecule has 3 aromatic rings. The first-order chi connectivity index (χ1) is 12.7. The summed E-state index contributed by atoms with van der Waals surface area (Å²) in [4.78, 5) is 0. The molecule has 1 aliphatic heterocycles. The molecule has 0 fully saturated rings. The van der Waals surface area contributed by atoms with E-state index in [1.165, 1.54) is 0 Å². The molecule has 8 heteroatoms. The molecule has 1 aromatic heterocycles. The molecule has 4 rings (SSSR count). The number of aromatic nitrogens is 4. The zero-order chi connectivity index (χ0) is 18.1. The van der Waals surface area contributed by atoms with E-state index in [0.717, 1.165) is 22.6 Å². The summed E-state index contributed by atoms with van der Waals surface area (Å²) < 4.78 is 12.5. The fraction of sp³-hybridized carbons (Fsp3) is 0.167. The van der Waals surface area contributed by atoms with E-state index < -0.39 is 0 Å². The Balaban J connectivity index is 1.84. The van der Waals surface area contributed by atoms with E-state index in [2.05, 4.69) is 20.8 Å². The fourth-order valence-corrected chi connectivity index (χ4v) is 3.22. The molecule has 0 saturated heterocycles. The zero-order valence-corrected chi connectivity index (χ0v) is 14.9. The molecule has 0 unspecified atom stereocenters. The molecule has 0 saturated carbocycles. The predicted octanol–water partition coefficient (Wildman–Crippen LogP) is 3.40. The van der Waals surface area contributed by atoms with Crippen molar-refractivity contribution in [1.29, 1.82) is 0 Å². The molecule has 1 aliphatic rings. The van der Waals surface area contributed by atoms with E-state index >= 15 is 0 Å². The van der Waals surface area contributed by atoms with Crippen molar-refractivity contribution in [2.24, 2.45) is 0 Å². The van der Waals surface area contributed by atoms with Crippen LogP contribution in [0.1, 0.15) is 17.2 Å². The Kier molecular flexibility index (Phi) is 4.22. The van der Waals surface area contributed by atoms with Gasteiger partial charge >= 0.3 is 0 Å². The van der Waals surface area contributed by atoms with Crippen LogP contribution in [0.4, 0.5) is 5.95 Å². The quantitative estimate of drug-likeness (QED) is 0.759. The Bertz CT molecular complexity index is 985. The summed E-state index contributed by atoms with van der Waals surface area (Å²) >= 11 is 6.41. The molecular formula is C18H16ClN5O2. The summed E-state index contributed by atoms with van der Waals surface area (Å²) in [6, 6.07) is 13.0. The molecule has 0 spiro atoms. The van der Waals surface area contributed by atoms with Crippen LogP contribution in [0.25, 0.3) is 5.70 Å². The van der Waals surface area contributed by atoms with Gasteiger partial charge in [0, 0.05) is 16.7 Å². The van der Waals surface area contributed by atoms with E-state index in [4.69, 9.17) is 21.1 Å². The highest BCUT2D eigenvalue weighted by Crippen LogP contribution is 2.37. The fourth-order valence-electron chi connectivity index (χ4n) is 2.97. The number of hydrogen-bond donors (Lipinski definition) is 1. The minimum absolute atomic E-state index is 0.239. The second-order valence-electron chi connectivity index (χ2n) is 5.68. The SMILES string of the molecule is COc1ccc(C2=C[C@H](c3ccccc3Cl)n3nnnc3N2)c(OC)c1. The van der Waals surface area contributed by atoms with Crippen LogP contribution >= 0.6 is 11.6 Å². The van der Waals surface area contributed by atoms with Gasteiger partial charge in [-0.05, 0) is 40.3 Å². The maximum absolute atomic E-state index is 6.41. The van der Waals surface area contributed by atoms with Crippen molar-refractivity contribution in [1.82, 2.24) is 20.2 Å². The average Bonchev–Trinajstić information content (AvgIpc) is 3.16. The molecule has 2 heterocycles. The third kappa shape index (κ3) is 2.76. The molecule has 0 amide bonds. The third-order valence-electron chi connectivity index (χ3n) is 4.25. The molecule has 132 valence electrons. The highest BCUT2D eigenvalue weighted by Gasteiger charge is 2.26. The highest BCUT2D eigenvalue weighted by atomic mass is 35.5. The number of hydrogen-bond acceptors (Lipinski definition) is 6. The number of benzene rings is 2. The highest BCUT2D eigenvalue weighted by molar-refractivity contribution is 6.31. The maximum atomic E-state index is 6.41. The monoisotopic (exact) mass is 369 g/mol. The molecular weight excluding hydrogens is 354 g/mol. The van der Waals surface area contributed by atoms with Gasteiger partial charge in [-0.2, -0.15) is 4.68 Å². The minimum Gasteiger partial charge on any atom is -0.497 e. The van der Waals surface area contributed by atoms with Gasteiger partial charge in [0.15, 0.2) is 0 Å². The van der Waals surface area contributed by atoms with Crippen molar-refractivity contribution in [2.75, 3.05) is 19.5 Å². The Labute approximate surface area is 155 Å². The Morgan fingerprint density at radius 1 is 1.12 bits per heavy atom. The lowest BCUT2D eigenvalue weighted by Gasteiger charge is -2.25. The summed E-state index contributed by atoms with van der Waals surface area (Å²) in [6.07, 6.45) is 2.02. The van der Waals surface area contributed by atoms with Gasteiger partial charge < -0.3 is 14.8 Å². The number of methoxy groups -OCH3 is 2. The van der Waals surface area contributed by atoms with Crippen molar-refractivity contribution in [2.45, 2.75) is 6.04 Å². The molecule has 1 N–H and O–H groups in total. The van der Waals surface area contributed by atoms with Crippen molar-refractivity contribution in [3.05, 3.63) is 64.7 Å². The minimum atomic E-state index is -0.239. The molecule has 0 bridgehead atoms. The number of nitrogens with one attached hydrogen (secondary N) is 1. The van der Waals surface area contributed by atoms with Gasteiger partial charge in [-0.25, -0.2) is 0 Å². The van der Waals surface area contributed by atoms with Crippen LogP contribution in [0.3, 0.4) is 0 Å². The van der Waals surface area contributed by atoms with Crippen molar-refractivity contribution in [3.63, 3.8) is 0 Å². The molecule has 7 nitrogen and oxygen atoms in total. The lowest BCUT2D eigenvalue weighted by atomic mass is 10.0. The van der Waals surface area contributed by atoms with E-state index in [1.807, 2.05) is 48.5 Å². The Morgan fingerprint density at radius 2 is 1.96 bits per heavy atom. The molecule has 26 heavy (non-hydrogen) atoms. The summed E-state index contributed by atoms with van der Waals surface area (Å²) in [5.41, 5.74) is 2.62. The first-order valence-corrected chi connectivity index (χ1v) is 8.32. The van der Waals surface area contributed by atoms with Crippen molar-refractivity contribution >= 4 is 23.2 Å². The van der Waals surface area contributed by atoms with Gasteiger partial charge in [0.2, 0.25) is 5.95 Å². The number of nitrogens with zero attached hydrogens (tertiary/aromatic N) is 4.